The molecule has 0 saturated heterocycles. The van der Waals surface area contributed by atoms with Crippen LogP contribution >= 0.6 is 0 Å². The number of anilines is 1. The van der Waals surface area contributed by atoms with Crippen LogP contribution in [0.5, 0.6) is 0 Å². The van der Waals surface area contributed by atoms with E-state index in [2.05, 4.69) is 56.2 Å². The summed E-state index contributed by atoms with van der Waals surface area (Å²) in [5.74, 6) is 5.66. The van der Waals surface area contributed by atoms with Crippen molar-refractivity contribution in [3.05, 3.63) is 29.3 Å². The molecule has 1 heterocycles. The third-order valence-electron chi connectivity index (χ3n) is 4.34. The van der Waals surface area contributed by atoms with E-state index < -0.39 is 0 Å². The van der Waals surface area contributed by atoms with Gasteiger partial charge in [0.05, 0.1) is 0 Å². The molecular weight excluding hydrogens is 250 g/mol. The Bertz CT molecular complexity index is 524. The Hall–Kier alpha value is -1.55. The van der Waals surface area contributed by atoms with Gasteiger partial charge in [0.2, 0.25) is 0 Å². The zero-order chi connectivity index (χ0) is 15.1. The van der Waals surface area contributed by atoms with Crippen LogP contribution in [0.1, 0.15) is 51.2 Å². The van der Waals surface area contributed by atoms with Gasteiger partial charge in [-0.1, -0.05) is 19.1 Å². The molecule has 3 N–H and O–H groups in total. The molecule has 1 aliphatic rings. The molecule has 1 aromatic rings. The lowest BCUT2D eigenvalue weighted by atomic mass is 9.79. The zero-order valence-electron chi connectivity index (χ0n) is 13.0. The Balaban J connectivity index is 2.56. The highest BCUT2D eigenvalue weighted by atomic mass is 16.2. The van der Waals surface area contributed by atoms with Gasteiger partial charge in [-0.3, -0.25) is 10.2 Å². The molecule has 0 aromatic heterocycles. The topological polar surface area (TPSA) is 58.4 Å². The third kappa shape index (κ3) is 2.40. The van der Waals surface area contributed by atoms with E-state index in [-0.39, 0.29) is 17.5 Å². The first-order valence-electron chi connectivity index (χ1n) is 7.18. The van der Waals surface area contributed by atoms with Crippen LogP contribution in [0.25, 0.3) is 0 Å². The number of nitrogens with zero attached hydrogens (tertiary/aromatic N) is 1. The average Bonchev–Trinajstić information content (AvgIpc) is 2.35. The van der Waals surface area contributed by atoms with Crippen LogP contribution in [-0.4, -0.2) is 17.5 Å². The van der Waals surface area contributed by atoms with Crippen molar-refractivity contribution in [3.8, 4) is 0 Å². The van der Waals surface area contributed by atoms with E-state index in [0.717, 1.165) is 12.1 Å². The van der Waals surface area contributed by atoms with Gasteiger partial charge in [-0.15, -0.1) is 0 Å². The molecule has 20 heavy (non-hydrogen) atoms. The molecule has 1 aromatic carbocycles. The van der Waals surface area contributed by atoms with Crippen LogP contribution in [0.4, 0.5) is 5.69 Å². The highest BCUT2D eigenvalue weighted by Gasteiger charge is 2.40. The quantitative estimate of drug-likeness (QED) is 0.495. The molecule has 4 nitrogen and oxygen atoms in total. The molecule has 0 fully saturated rings. The van der Waals surface area contributed by atoms with E-state index in [0.29, 0.717) is 5.92 Å². The maximum absolute atomic E-state index is 12.0. The second-order valence-corrected chi connectivity index (χ2v) is 6.53. The molecule has 0 aliphatic carbocycles. The second-order valence-electron chi connectivity index (χ2n) is 6.53. The Morgan fingerprint density at radius 3 is 2.75 bits per heavy atom. The molecule has 2 unspecified atom stereocenters. The molecule has 110 valence electrons. The first-order valence-corrected chi connectivity index (χ1v) is 7.18. The number of nitrogens with two attached hydrogens (primary N) is 1. The maximum Gasteiger partial charge on any atom is 0.256 e. The first-order chi connectivity index (χ1) is 9.27. The maximum atomic E-state index is 12.0. The summed E-state index contributed by atoms with van der Waals surface area (Å²) in [6, 6.07) is 6.21. The summed E-state index contributed by atoms with van der Waals surface area (Å²) in [5, 5.41) is 0. The molecule has 0 saturated carbocycles. The minimum Gasteiger partial charge on any atom is -0.354 e. The van der Waals surface area contributed by atoms with Crippen LogP contribution in [0.3, 0.4) is 0 Å². The lowest BCUT2D eigenvalue weighted by Crippen LogP contribution is -2.58. The molecule has 1 aliphatic heterocycles. The van der Waals surface area contributed by atoms with Crippen molar-refractivity contribution in [3.63, 3.8) is 0 Å². The fourth-order valence-electron chi connectivity index (χ4n) is 3.53. The Labute approximate surface area is 121 Å². The number of rotatable bonds is 2. The number of aryl methyl sites for hydroxylation is 1. The van der Waals surface area contributed by atoms with Crippen LogP contribution in [0.2, 0.25) is 0 Å². The van der Waals surface area contributed by atoms with Gasteiger partial charge in [-0.25, -0.2) is 5.84 Å². The van der Waals surface area contributed by atoms with E-state index in [4.69, 9.17) is 5.84 Å². The van der Waals surface area contributed by atoms with Crippen LogP contribution in [-0.2, 0) is 4.79 Å². The number of carbonyl (C=O) groups excluding carboxylic acids is 1. The molecule has 2 rings (SSSR count). The summed E-state index contributed by atoms with van der Waals surface area (Å²) in [4.78, 5) is 14.2. The van der Waals surface area contributed by atoms with Crippen molar-refractivity contribution in [2.75, 3.05) is 4.90 Å². The lowest BCUT2D eigenvalue weighted by Gasteiger charge is -2.50. The SMILES string of the molecule is Cc1ccc2c(c1)N(C(C)C(=O)NN)C(C)(C)CC2C. The van der Waals surface area contributed by atoms with Crippen LogP contribution < -0.4 is 16.2 Å². The van der Waals surface area contributed by atoms with Gasteiger partial charge in [0.25, 0.3) is 5.91 Å². The third-order valence-corrected chi connectivity index (χ3v) is 4.34. The van der Waals surface area contributed by atoms with E-state index in [9.17, 15) is 4.79 Å². The number of hydrazine groups is 1. The Morgan fingerprint density at radius 1 is 1.50 bits per heavy atom. The van der Waals surface area contributed by atoms with Crippen LogP contribution in [0.15, 0.2) is 18.2 Å². The highest BCUT2D eigenvalue weighted by Crippen LogP contribution is 2.44. The summed E-state index contributed by atoms with van der Waals surface area (Å²) in [6.45, 7) is 10.6. The van der Waals surface area contributed by atoms with Crippen molar-refractivity contribution in [1.29, 1.82) is 0 Å². The number of benzene rings is 1. The summed E-state index contributed by atoms with van der Waals surface area (Å²) in [6.07, 6.45) is 1.02. The predicted octanol–water partition coefficient (Wildman–Crippen LogP) is 2.47. The molecule has 0 radical (unpaired) electrons. The number of hydrogen-bond acceptors (Lipinski definition) is 3. The number of amides is 1. The standard InChI is InChI=1S/C16H25N3O/c1-10-6-7-13-11(2)9-16(4,5)19(14(13)8-10)12(3)15(20)18-17/h6-8,11-12H,9,17H2,1-5H3,(H,18,20). The van der Waals surface area contributed by atoms with Gasteiger partial charge in [0.1, 0.15) is 6.04 Å². The fraction of sp³-hybridized carbons (Fsp3) is 0.562. The van der Waals surface area contributed by atoms with Gasteiger partial charge < -0.3 is 4.90 Å². The second kappa shape index (κ2) is 5.09. The first kappa shape index (κ1) is 14.9. The minimum atomic E-state index is -0.289. The smallest absolute Gasteiger partial charge is 0.256 e. The molecule has 2 atom stereocenters. The molecule has 0 spiro atoms. The van der Waals surface area contributed by atoms with Crippen molar-refractivity contribution >= 4 is 11.6 Å². The number of fused-ring (bicyclic) bond motifs is 1. The van der Waals surface area contributed by atoms with Gasteiger partial charge in [-0.2, -0.15) is 0 Å². The monoisotopic (exact) mass is 275 g/mol. The van der Waals surface area contributed by atoms with Crippen molar-refractivity contribution < 1.29 is 4.79 Å². The van der Waals surface area contributed by atoms with Crippen LogP contribution in [0, 0.1) is 6.92 Å². The van der Waals surface area contributed by atoms with E-state index in [1.165, 1.54) is 11.1 Å². The Kier molecular flexibility index (Phi) is 3.78. The van der Waals surface area contributed by atoms with Gasteiger partial charge in [0, 0.05) is 11.2 Å². The van der Waals surface area contributed by atoms with E-state index in [1.807, 2.05) is 6.92 Å². The summed E-state index contributed by atoms with van der Waals surface area (Å²) in [5.41, 5.74) is 5.87. The minimum absolute atomic E-state index is 0.0772. The zero-order valence-corrected chi connectivity index (χ0v) is 13.0. The normalized spacial score (nSPS) is 22.1. The summed E-state index contributed by atoms with van der Waals surface area (Å²) < 4.78 is 0. The summed E-state index contributed by atoms with van der Waals surface area (Å²) >= 11 is 0. The van der Waals surface area contributed by atoms with Crippen molar-refractivity contribution in [1.82, 2.24) is 5.43 Å². The fourth-order valence-corrected chi connectivity index (χ4v) is 3.53. The van der Waals surface area contributed by atoms with E-state index >= 15 is 0 Å². The van der Waals surface area contributed by atoms with E-state index in [1.54, 1.807) is 0 Å². The van der Waals surface area contributed by atoms with Crippen molar-refractivity contribution in [2.24, 2.45) is 5.84 Å². The predicted molar refractivity (Wildman–Crippen MR) is 82.6 cm³/mol. The van der Waals surface area contributed by atoms with Gasteiger partial charge in [0.15, 0.2) is 0 Å². The molecule has 1 amide bonds. The van der Waals surface area contributed by atoms with Gasteiger partial charge >= 0.3 is 0 Å². The molecular formula is C16H25N3O. The van der Waals surface area contributed by atoms with Crippen molar-refractivity contribution in [2.45, 2.75) is 58.5 Å². The highest BCUT2D eigenvalue weighted by molar-refractivity contribution is 5.85. The number of hydrogen-bond donors (Lipinski definition) is 2. The van der Waals surface area contributed by atoms with Gasteiger partial charge in [-0.05, 0) is 57.2 Å². The average molecular weight is 275 g/mol. The molecule has 0 bridgehead atoms. The molecule has 4 heteroatoms. The largest absolute Gasteiger partial charge is 0.354 e. The number of nitrogens with one attached hydrogen (secondary N) is 1. The number of carbonyl (C=O) groups is 1. The summed E-state index contributed by atoms with van der Waals surface area (Å²) in [7, 11) is 0. The lowest BCUT2D eigenvalue weighted by molar-refractivity contribution is -0.122. The Morgan fingerprint density at radius 2 is 2.15 bits per heavy atom.